The summed E-state index contributed by atoms with van der Waals surface area (Å²) in [6, 6.07) is 0. The van der Waals surface area contributed by atoms with Crippen LogP contribution in [0.4, 0.5) is 0 Å². The normalized spacial score (nSPS) is 17.8. The van der Waals surface area contributed by atoms with Crippen LogP contribution in [-0.4, -0.2) is 16.9 Å². The lowest BCUT2D eigenvalue weighted by molar-refractivity contribution is -0.175. The minimum Gasteiger partial charge on any atom is -0.338 e. The Hall–Kier alpha value is -1.84. The Morgan fingerprint density at radius 2 is 1.75 bits per heavy atom. The van der Waals surface area contributed by atoms with Crippen LogP contribution in [0.25, 0.3) is 0 Å². The van der Waals surface area contributed by atoms with Crippen molar-refractivity contribution in [1.82, 2.24) is 5.06 Å². The summed E-state index contributed by atoms with van der Waals surface area (Å²) < 4.78 is 0. The lowest BCUT2D eigenvalue weighted by atomic mass is 10.1. The first-order valence-corrected chi connectivity index (χ1v) is 5.35. The van der Waals surface area contributed by atoms with E-state index in [4.69, 9.17) is 4.84 Å². The van der Waals surface area contributed by atoms with Crippen LogP contribution in [0.1, 0.15) is 45.1 Å². The van der Waals surface area contributed by atoms with Crippen molar-refractivity contribution in [2.75, 3.05) is 0 Å². The smallest absolute Gasteiger partial charge is 0.329 e. The molecule has 1 heterocycles. The molecule has 0 bridgehead atoms. The molecule has 4 heteroatoms. The fourth-order valence-corrected chi connectivity index (χ4v) is 2.71. The van der Waals surface area contributed by atoms with Crippen molar-refractivity contribution in [3.8, 4) is 0 Å². The van der Waals surface area contributed by atoms with Crippen molar-refractivity contribution in [3.63, 3.8) is 0 Å². The highest BCUT2D eigenvalue weighted by atomic mass is 16.7. The number of carbonyl (C=O) groups excluding carboxylic acids is 2. The molecule has 4 nitrogen and oxygen atoms in total. The standard InChI is InChI=1S/C12H9NO3/c1-5(14)16-13-4-10-8-2-6(8)7-3-9(7)11(10)12(13)15/h2-4H2,1H3. The number of rotatable bonds is 1. The van der Waals surface area contributed by atoms with Gasteiger partial charge in [0.15, 0.2) is 0 Å². The van der Waals surface area contributed by atoms with E-state index in [0.717, 1.165) is 24.0 Å². The highest BCUT2D eigenvalue weighted by molar-refractivity contribution is 6.03. The predicted octanol–water partition coefficient (Wildman–Crippen LogP) is 0.929. The molecule has 0 saturated carbocycles. The first kappa shape index (κ1) is 8.33. The molecule has 0 saturated heterocycles. The van der Waals surface area contributed by atoms with E-state index in [-0.39, 0.29) is 5.91 Å². The predicted molar refractivity (Wildman–Crippen MR) is 53.7 cm³/mol. The van der Waals surface area contributed by atoms with Crippen molar-refractivity contribution in [2.24, 2.45) is 0 Å². The van der Waals surface area contributed by atoms with Gasteiger partial charge in [-0.2, -0.15) is 5.06 Å². The van der Waals surface area contributed by atoms with E-state index in [1.807, 2.05) is 0 Å². The minimum atomic E-state index is -0.441. The molecule has 80 valence electrons. The monoisotopic (exact) mass is 215 g/mol. The summed E-state index contributed by atoms with van der Waals surface area (Å²) in [6.07, 6.45) is 1.98. The minimum absolute atomic E-state index is 0.145. The van der Waals surface area contributed by atoms with Crippen molar-refractivity contribution < 1.29 is 14.4 Å². The number of benzene rings is 1. The van der Waals surface area contributed by atoms with Gasteiger partial charge in [0.2, 0.25) is 0 Å². The Bertz CT molecular complexity index is 589. The number of carbonyl (C=O) groups is 2. The maximum Gasteiger partial charge on any atom is 0.329 e. The van der Waals surface area contributed by atoms with Gasteiger partial charge in [0.05, 0.1) is 12.1 Å². The van der Waals surface area contributed by atoms with Crippen molar-refractivity contribution in [2.45, 2.75) is 26.3 Å². The summed E-state index contributed by atoms with van der Waals surface area (Å²) in [5.74, 6) is -0.586. The van der Waals surface area contributed by atoms with Gasteiger partial charge in [-0.1, -0.05) is 0 Å². The van der Waals surface area contributed by atoms with Gasteiger partial charge in [0.25, 0.3) is 5.91 Å². The Labute approximate surface area is 91.8 Å². The SMILES string of the molecule is CC(=O)ON1Cc2c3c(c4c(c2C1=O)C4)C3. The second-order valence-corrected chi connectivity index (χ2v) is 4.55. The maximum absolute atomic E-state index is 12.0. The lowest BCUT2D eigenvalue weighted by Crippen LogP contribution is -2.26. The van der Waals surface area contributed by atoms with Crippen LogP contribution in [0, 0.1) is 0 Å². The van der Waals surface area contributed by atoms with Gasteiger partial charge in [0, 0.05) is 6.92 Å². The van der Waals surface area contributed by atoms with Gasteiger partial charge >= 0.3 is 5.97 Å². The number of hydroxylamine groups is 2. The number of fused-ring (bicyclic) bond motifs is 6. The number of nitrogens with zero attached hydrogens (tertiary/aromatic N) is 1. The van der Waals surface area contributed by atoms with E-state index < -0.39 is 5.97 Å². The second kappa shape index (κ2) is 2.29. The molecule has 16 heavy (non-hydrogen) atoms. The van der Waals surface area contributed by atoms with Crippen LogP contribution < -0.4 is 0 Å². The molecule has 0 atom stereocenters. The van der Waals surface area contributed by atoms with Gasteiger partial charge < -0.3 is 4.84 Å². The molecule has 0 unspecified atom stereocenters. The Morgan fingerprint density at radius 1 is 1.12 bits per heavy atom. The molecular weight excluding hydrogens is 206 g/mol. The quantitative estimate of drug-likeness (QED) is 0.606. The molecule has 1 aromatic carbocycles. The van der Waals surface area contributed by atoms with E-state index in [0.29, 0.717) is 6.54 Å². The highest BCUT2D eigenvalue weighted by Crippen LogP contribution is 2.50. The summed E-state index contributed by atoms with van der Waals surface area (Å²) in [5, 5.41) is 1.18. The molecule has 0 aromatic heterocycles. The largest absolute Gasteiger partial charge is 0.338 e. The van der Waals surface area contributed by atoms with E-state index in [2.05, 4.69) is 0 Å². The van der Waals surface area contributed by atoms with Crippen LogP contribution in [0.3, 0.4) is 0 Å². The molecule has 0 spiro atoms. The summed E-state index contributed by atoms with van der Waals surface area (Å²) >= 11 is 0. The molecular formula is C12H9NO3. The Morgan fingerprint density at radius 3 is 2.50 bits per heavy atom. The second-order valence-electron chi connectivity index (χ2n) is 4.55. The molecule has 2 aliphatic carbocycles. The van der Waals surface area contributed by atoms with E-state index >= 15 is 0 Å². The average Bonchev–Trinajstić information content (AvgIpc) is 3.08. The third kappa shape index (κ3) is 0.852. The highest BCUT2D eigenvalue weighted by Gasteiger charge is 2.45. The first-order chi connectivity index (χ1) is 7.66. The molecule has 4 rings (SSSR count). The van der Waals surface area contributed by atoms with E-state index in [1.165, 1.54) is 34.2 Å². The van der Waals surface area contributed by atoms with Gasteiger partial charge in [-0.15, -0.1) is 0 Å². The topological polar surface area (TPSA) is 46.6 Å². The van der Waals surface area contributed by atoms with Crippen molar-refractivity contribution in [3.05, 3.63) is 33.4 Å². The zero-order valence-corrected chi connectivity index (χ0v) is 8.79. The van der Waals surface area contributed by atoms with E-state index in [1.54, 1.807) is 0 Å². The number of amides is 1. The van der Waals surface area contributed by atoms with Crippen LogP contribution in [0.2, 0.25) is 0 Å². The molecule has 0 fully saturated rings. The van der Waals surface area contributed by atoms with Gasteiger partial charge in [-0.3, -0.25) is 9.59 Å². The van der Waals surface area contributed by atoms with Crippen molar-refractivity contribution in [1.29, 1.82) is 0 Å². The zero-order valence-electron chi connectivity index (χ0n) is 8.79. The molecule has 3 aliphatic rings. The van der Waals surface area contributed by atoms with Gasteiger partial charge in [-0.25, -0.2) is 0 Å². The zero-order chi connectivity index (χ0) is 11.0. The molecule has 0 radical (unpaired) electrons. The van der Waals surface area contributed by atoms with Crippen LogP contribution in [-0.2, 0) is 29.0 Å². The first-order valence-electron chi connectivity index (χ1n) is 5.35. The molecule has 1 amide bonds. The third-order valence-electron chi connectivity index (χ3n) is 3.50. The number of hydrogen-bond donors (Lipinski definition) is 0. The summed E-state index contributed by atoms with van der Waals surface area (Å²) in [4.78, 5) is 27.8. The maximum atomic E-state index is 12.0. The van der Waals surface area contributed by atoms with E-state index in [9.17, 15) is 9.59 Å². The summed E-state index contributed by atoms with van der Waals surface area (Å²) in [6.45, 7) is 1.75. The molecule has 1 aromatic rings. The van der Waals surface area contributed by atoms with Crippen LogP contribution >= 0.6 is 0 Å². The third-order valence-corrected chi connectivity index (χ3v) is 3.50. The molecule has 0 N–H and O–H groups in total. The fourth-order valence-electron chi connectivity index (χ4n) is 2.71. The average molecular weight is 215 g/mol. The summed E-state index contributed by atoms with van der Waals surface area (Å²) in [7, 11) is 0. The van der Waals surface area contributed by atoms with Crippen LogP contribution in [0.5, 0.6) is 0 Å². The fraction of sp³-hybridized carbons (Fsp3) is 0.333. The summed E-state index contributed by atoms with van der Waals surface area (Å²) in [5.41, 5.74) is 7.21. The van der Waals surface area contributed by atoms with Crippen molar-refractivity contribution >= 4 is 11.9 Å². The Kier molecular flexibility index (Phi) is 1.19. The Balaban J connectivity index is 1.80. The van der Waals surface area contributed by atoms with Gasteiger partial charge in [-0.05, 0) is 40.7 Å². The van der Waals surface area contributed by atoms with Crippen LogP contribution in [0.15, 0.2) is 0 Å². The van der Waals surface area contributed by atoms with Gasteiger partial charge in [0.1, 0.15) is 0 Å². The number of hydrogen-bond acceptors (Lipinski definition) is 3. The lowest BCUT2D eigenvalue weighted by Gasteiger charge is -2.12. The molecule has 1 aliphatic heterocycles.